The number of aromatic nitrogens is 1. The Morgan fingerprint density at radius 3 is 2.48 bits per heavy atom. The lowest BCUT2D eigenvalue weighted by Gasteiger charge is -2.21. The molecule has 1 heterocycles. The van der Waals surface area contributed by atoms with Crippen LogP contribution in [0.3, 0.4) is 0 Å². The first-order valence-electron chi connectivity index (χ1n) is 10.7. The Labute approximate surface area is 174 Å². The van der Waals surface area contributed by atoms with Crippen molar-refractivity contribution in [1.29, 1.82) is 0 Å². The summed E-state index contributed by atoms with van der Waals surface area (Å²) in [6.07, 6.45) is 2.32. The van der Waals surface area contributed by atoms with Gasteiger partial charge in [-0.1, -0.05) is 44.2 Å². The maximum atomic E-state index is 5.45. The number of pyridine rings is 1. The van der Waals surface area contributed by atoms with Gasteiger partial charge in [0.25, 0.3) is 0 Å². The summed E-state index contributed by atoms with van der Waals surface area (Å²) in [7, 11) is 1.70. The summed E-state index contributed by atoms with van der Waals surface area (Å²) in [5.41, 5.74) is 4.21. The molecule has 0 bridgehead atoms. The molecule has 1 aromatic heterocycles. The molecule has 0 spiro atoms. The SMILES string of the molecule is CCN(CC)CCC[C@H](C)Nc1cc(-c2ccccc2)nc2ccc(OC)cc12. The predicted octanol–water partition coefficient (Wildman–Crippen LogP) is 5.83. The summed E-state index contributed by atoms with van der Waals surface area (Å²) in [5.74, 6) is 0.851. The third-order valence-corrected chi connectivity index (χ3v) is 5.49. The number of nitrogens with one attached hydrogen (secondary N) is 1. The highest BCUT2D eigenvalue weighted by Crippen LogP contribution is 2.31. The van der Waals surface area contributed by atoms with E-state index in [4.69, 9.17) is 9.72 Å². The molecule has 0 radical (unpaired) electrons. The van der Waals surface area contributed by atoms with Crippen molar-refractivity contribution < 1.29 is 4.74 Å². The minimum atomic E-state index is 0.381. The zero-order valence-corrected chi connectivity index (χ0v) is 18.1. The fourth-order valence-corrected chi connectivity index (χ4v) is 3.71. The molecule has 3 aromatic rings. The van der Waals surface area contributed by atoms with Gasteiger partial charge in [-0.2, -0.15) is 0 Å². The summed E-state index contributed by atoms with van der Waals surface area (Å²) in [5, 5.41) is 4.84. The zero-order chi connectivity index (χ0) is 20.6. The fourth-order valence-electron chi connectivity index (χ4n) is 3.71. The molecule has 0 unspecified atom stereocenters. The molecule has 0 aliphatic carbocycles. The largest absolute Gasteiger partial charge is 0.497 e. The Kier molecular flexibility index (Phi) is 7.48. The van der Waals surface area contributed by atoms with Gasteiger partial charge in [0, 0.05) is 22.7 Å². The zero-order valence-electron chi connectivity index (χ0n) is 18.1. The number of hydrogen-bond acceptors (Lipinski definition) is 4. The van der Waals surface area contributed by atoms with Crippen molar-refractivity contribution >= 4 is 16.6 Å². The topological polar surface area (TPSA) is 37.4 Å². The van der Waals surface area contributed by atoms with Crippen LogP contribution in [-0.4, -0.2) is 42.7 Å². The second-order valence-electron chi connectivity index (χ2n) is 7.52. The van der Waals surface area contributed by atoms with Gasteiger partial charge < -0.3 is 15.0 Å². The molecule has 1 N–H and O–H groups in total. The van der Waals surface area contributed by atoms with E-state index in [1.165, 1.54) is 6.42 Å². The van der Waals surface area contributed by atoms with Gasteiger partial charge in [0.2, 0.25) is 0 Å². The van der Waals surface area contributed by atoms with Gasteiger partial charge in [-0.3, -0.25) is 0 Å². The van der Waals surface area contributed by atoms with E-state index in [2.05, 4.69) is 67.4 Å². The lowest BCUT2D eigenvalue weighted by molar-refractivity contribution is 0.295. The van der Waals surface area contributed by atoms with Crippen LogP contribution in [0.4, 0.5) is 5.69 Å². The van der Waals surface area contributed by atoms with E-state index in [-0.39, 0.29) is 0 Å². The molecule has 0 amide bonds. The molecule has 0 saturated carbocycles. The Balaban J connectivity index is 1.85. The van der Waals surface area contributed by atoms with E-state index < -0.39 is 0 Å². The van der Waals surface area contributed by atoms with Crippen molar-refractivity contribution in [3.63, 3.8) is 0 Å². The normalized spacial score (nSPS) is 12.3. The Bertz CT molecular complexity index is 907. The van der Waals surface area contributed by atoms with Crippen LogP contribution in [0.1, 0.15) is 33.6 Å². The number of ether oxygens (including phenoxy) is 1. The lowest BCUT2D eigenvalue weighted by Crippen LogP contribution is -2.25. The molecule has 154 valence electrons. The third kappa shape index (κ3) is 5.48. The maximum absolute atomic E-state index is 5.45. The number of fused-ring (bicyclic) bond motifs is 1. The molecule has 29 heavy (non-hydrogen) atoms. The summed E-state index contributed by atoms with van der Waals surface area (Å²) >= 11 is 0. The average molecular weight is 392 g/mol. The van der Waals surface area contributed by atoms with Gasteiger partial charge in [0.1, 0.15) is 5.75 Å². The molecule has 4 heteroatoms. The van der Waals surface area contributed by atoms with Gasteiger partial charge in [-0.05, 0) is 63.7 Å². The van der Waals surface area contributed by atoms with Gasteiger partial charge in [-0.15, -0.1) is 0 Å². The monoisotopic (exact) mass is 391 g/mol. The number of hydrogen-bond donors (Lipinski definition) is 1. The van der Waals surface area contributed by atoms with E-state index >= 15 is 0 Å². The number of benzene rings is 2. The molecule has 1 atom stereocenters. The number of nitrogens with zero attached hydrogens (tertiary/aromatic N) is 2. The first-order valence-corrected chi connectivity index (χ1v) is 10.7. The summed E-state index contributed by atoms with van der Waals surface area (Å²) < 4.78 is 5.45. The second-order valence-corrected chi connectivity index (χ2v) is 7.52. The van der Waals surface area contributed by atoms with Crippen molar-refractivity contribution in [2.75, 3.05) is 32.1 Å². The van der Waals surface area contributed by atoms with Crippen LogP contribution in [0.15, 0.2) is 54.6 Å². The quantitative estimate of drug-likeness (QED) is 0.472. The van der Waals surface area contributed by atoms with Crippen molar-refractivity contribution in [1.82, 2.24) is 9.88 Å². The number of methoxy groups -OCH3 is 1. The van der Waals surface area contributed by atoms with Crippen molar-refractivity contribution in [3.05, 3.63) is 54.6 Å². The van der Waals surface area contributed by atoms with Crippen LogP contribution in [-0.2, 0) is 0 Å². The van der Waals surface area contributed by atoms with Crippen molar-refractivity contribution in [2.24, 2.45) is 0 Å². The van der Waals surface area contributed by atoms with E-state index in [0.29, 0.717) is 6.04 Å². The van der Waals surface area contributed by atoms with Gasteiger partial charge >= 0.3 is 0 Å². The van der Waals surface area contributed by atoms with E-state index in [1.807, 2.05) is 18.2 Å². The molecule has 0 aliphatic rings. The van der Waals surface area contributed by atoms with Crippen LogP contribution in [0.2, 0.25) is 0 Å². The third-order valence-electron chi connectivity index (χ3n) is 5.49. The van der Waals surface area contributed by atoms with Gasteiger partial charge in [-0.25, -0.2) is 4.98 Å². The Morgan fingerprint density at radius 1 is 1.03 bits per heavy atom. The Hall–Kier alpha value is -2.59. The number of rotatable bonds is 10. The highest BCUT2D eigenvalue weighted by molar-refractivity contribution is 5.94. The molecular weight excluding hydrogens is 358 g/mol. The van der Waals surface area contributed by atoms with Crippen molar-refractivity contribution in [2.45, 2.75) is 39.7 Å². The first-order chi connectivity index (χ1) is 14.1. The maximum Gasteiger partial charge on any atom is 0.119 e. The van der Waals surface area contributed by atoms with E-state index in [9.17, 15) is 0 Å². The van der Waals surface area contributed by atoms with E-state index in [0.717, 1.165) is 59.7 Å². The molecule has 0 aliphatic heterocycles. The highest BCUT2D eigenvalue weighted by Gasteiger charge is 2.11. The average Bonchev–Trinajstić information content (AvgIpc) is 2.77. The molecule has 0 saturated heterocycles. The highest BCUT2D eigenvalue weighted by atomic mass is 16.5. The van der Waals surface area contributed by atoms with Gasteiger partial charge in [0.15, 0.2) is 0 Å². The standard InChI is InChI=1S/C25H33N3O/c1-5-28(6-2)16-10-11-19(3)26-25-18-24(20-12-8-7-9-13-20)27-23-15-14-21(29-4)17-22(23)25/h7-9,12-15,17-19H,5-6,10-11,16H2,1-4H3,(H,26,27)/t19-/m0/s1. The first kappa shape index (κ1) is 21.1. The second kappa shape index (κ2) is 10.3. The Morgan fingerprint density at radius 2 is 1.79 bits per heavy atom. The minimum Gasteiger partial charge on any atom is -0.497 e. The summed E-state index contributed by atoms with van der Waals surface area (Å²) in [4.78, 5) is 7.37. The predicted molar refractivity (Wildman–Crippen MR) is 124 cm³/mol. The molecule has 2 aromatic carbocycles. The van der Waals surface area contributed by atoms with Crippen molar-refractivity contribution in [3.8, 4) is 17.0 Å². The molecule has 0 fully saturated rings. The fraction of sp³-hybridized carbons (Fsp3) is 0.400. The smallest absolute Gasteiger partial charge is 0.119 e. The molecule has 3 rings (SSSR count). The van der Waals surface area contributed by atoms with Crippen LogP contribution >= 0.6 is 0 Å². The van der Waals surface area contributed by atoms with E-state index in [1.54, 1.807) is 7.11 Å². The molecule has 4 nitrogen and oxygen atoms in total. The minimum absolute atomic E-state index is 0.381. The molecular formula is C25H33N3O. The lowest BCUT2D eigenvalue weighted by atomic mass is 10.1. The summed E-state index contributed by atoms with van der Waals surface area (Å²) in [6.45, 7) is 10.1. The van der Waals surface area contributed by atoms with Crippen LogP contribution in [0.5, 0.6) is 5.75 Å². The van der Waals surface area contributed by atoms with Gasteiger partial charge in [0.05, 0.1) is 18.3 Å². The van der Waals surface area contributed by atoms with Crippen LogP contribution in [0.25, 0.3) is 22.2 Å². The number of anilines is 1. The van der Waals surface area contributed by atoms with Crippen LogP contribution in [0, 0.1) is 0 Å². The van der Waals surface area contributed by atoms with Crippen LogP contribution < -0.4 is 10.1 Å². The summed E-state index contributed by atoms with van der Waals surface area (Å²) in [6, 6.07) is 19.0.